The molecule has 0 aromatic heterocycles. The van der Waals surface area contributed by atoms with Gasteiger partial charge in [-0.3, -0.25) is 9.10 Å². The van der Waals surface area contributed by atoms with Gasteiger partial charge in [-0.1, -0.05) is 12.1 Å². The number of amides is 1. The predicted molar refractivity (Wildman–Crippen MR) is 94.8 cm³/mol. The topological polar surface area (TPSA) is 66.5 Å². The highest BCUT2D eigenvalue weighted by Crippen LogP contribution is 2.30. The van der Waals surface area contributed by atoms with Crippen LogP contribution in [0.5, 0.6) is 0 Å². The lowest BCUT2D eigenvalue weighted by Crippen LogP contribution is -2.27. The fourth-order valence-electron chi connectivity index (χ4n) is 2.97. The Morgan fingerprint density at radius 2 is 2.04 bits per heavy atom. The summed E-state index contributed by atoms with van der Waals surface area (Å²) in [6.07, 6.45) is 2.30. The minimum atomic E-state index is -3.30. The molecule has 0 saturated heterocycles. The Labute approximate surface area is 146 Å². The van der Waals surface area contributed by atoms with Crippen LogP contribution in [-0.2, 0) is 22.9 Å². The van der Waals surface area contributed by atoms with Gasteiger partial charge in [0.25, 0.3) is 5.91 Å². The molecule has 3 rings (SSSR count). The van der Waals surface area contributed by atoms with Gasteiger partial charge in [0.2, 0.25) is 10.0 Å². The second-order valence-electron chi connectivity index (χ2n) is 6.06. The van der Waals surface area contributed by atoms with Crippen LogP contribution < -0.4 is 9.62 Å². The van der Waals surface area contributed by atoms with Crippen LogP contribution >= 0.6 is 0 Å². The maximum atomic E-state index is 13.1. The first-order valence-electron chi connectivity index (χ1n) is 7.98. The molecule has 5 nitrogen and oxygen atoms in total. The molecule has 1 aliphatic heterocycles. The molecular weight excluding hydrogens is 343 g/mol. The number of halogens is 1. The Bertz CT molecular complexity index is 912. The monoisotopic (exact) mass is 362 g/mol. The van der Waals surface area contributed by atoms with Gasteiger partial charge in [-0.15, -0.1) is 0 Å². The molecule has 7 heteroatoms. The van der Waals surface area contributed by atoms with Crippen LogP contribution in [0.25, 0.3) is 0 Å². The van der Waals surface area contributed by atoms with Crippen molar-refractivity contribution in [3.05, 3.63) is 65.0 Å². The summed E-state index contributed by atoms with van der Waals surface area (Å²) in [6.45, 7) is 0.799. The Morgan fingerprint density at radius 1 is 1.24 bits per heavy atom. The summed E-state index contributed by atoms with van der Waals surface area (Å²) >= 11 is 0. The lowest BCUT2D eigenvalue weighted by molar-refractivity contribution is 0.0954. The van der Waals surface area contributed by atoms with Crippen molar-refractivity contribution < 1.29 is 17.6 Å². The smallest absolute Gasteiger partial charge is 0.251 e. The Kier molecular flexibility index (Phi) is 4.76. The molecule has 2 aromatic carbocycles. The van der Waals surface area contributed by atoms with E-state index in [0.717, 1.165) is 11.1 Å². The number of sulfonamides is 1. The number of fused-ring (bicyclic) bond motifs is 1. The average molecular weight is 362 g/mol. The van der Waals surface area contributed by atoms with Crippen LogP contribution in [-0.4, -0.2) is 33.7 Å². The van der Waals surface area contributed by atoms with Gasteiger partial charge >= 0.3 is 0 Å². The van der Waals surface area contributed by atoms with Gasteiger partial charge in [0.05, 0.1) is 11.9 Å². The molecule has 0 saturated carbocycles. The van der Waals surface area contributed by atoms with Gasteiger partial charge in [-0.25, -0.2) is 12.8 Å². The van der Waals surface area contributed by atoms with Crippen LogP contribution in [0.3, 0.4) is 0 Å². The fourth-order valence-corrected chi connectivity index (χ4v) is 3.93. The van der Waals surface area contributed by atoms with Gasteiger partial charge in [-0.2, -0.15) is 0 Å². The van der Waals surface area contributed by atoms with E-state index >= 15 is 0 Å². The van der Waals surface area contributed by atoms with Crippen molar-refractivity contribution in [3.63, 3.8) is 0 Å². The van der Waals surface area contributed by atoms with Crippen molar-refractivity contribution in [1.29, 1.82) is 0 Å². The molecule has 25 heavy (non-hydrogen) atoms. The molecule has 1 heterocycles. The van der Waals surface area contributed by atoms with E-state index in [4.69, 9.17) is 0 Å². The second kappa shape index (κ2) is 6.84. The molecule has 0 radical (unpaired) electrons. The largest absolute Gasteiger partial charge is 0.352 e. The van der Waals surface area contributed by atoms with Crippen molar-refractivity contribution in [2.24, 2.45) is 0 Å². The highest BCUT2D eigenvalue weighted by Gasteiger charge is 2.26. The molecule has 0 aliphatic carbocycles. The number of nitrogens with zero attached hydrogens (tertiary/aromatic N) is 1. The number of hydrogen-bond donors (Lipinski definition) is 1. The number of benzene rings is 2. The summed E-state index contributed by atoms with van der Waals surface area (Å²) in [4.78, 5) is 12.3. The molecule has 2 aromatic rings. The van der Waals surface area contributed by atoms with Crippen LogP contribution in [0.2, 0.25) is 0 Å². The van der Waals surface area contributed by atoms with Gasteiger partial charge in [0.1, 0.15) is 5.82 Å². The minimum absolute atomic E-state index is 0.225. The molecular formula is C18H19FN2O3S. The quantitative estimate of drug-likeness (QED) is 0.886. The van der Waals surface area contributed by atoms with E-state index in [-0.39, 0.29) is 11.7 Å². The maximum Gasteiger partial charge on any atom is 0.251 e. The predicted octanol–water partition coefficient (Wildman–Crippen LogP) is 2.12. The number of anilines is 1. The van der Waals surface area contributed by atoms with Crippen molar-refractivity contribution in [2.75, 3.05) is 23.7 Å². The third-order valence-electron chi connectivity index (χ3n) is 4.18. The van der Waals surface area contributed by atoms with Gasteiger partial charge in [0, 0.05) is 18.7 Å². The lowest BCUT2D eigenvalue weighted by Gasteiger charge is -2.16. The molecule has 0 fully saturated rings. The SMILES string of the molecule is CS(=O)(=O)N1CCc2cc(C(=O)NCCc3cccc(F)c3)ccc21. The summed E-state index contributed by atoms with van der Waals surface area (Å²) < 4.78 is 38.0. The van der Waals surface area contributed by atoms with Gasteiger partial charge in [-0.05, 0) is 54.3 Å². The first-order chi connectivity index (χ1) is 11.8. The zero-order valence-corrected chi connectivity index (χ0v) is 14.6. The summed E-state index contributed by atoms with van der Waals surface area (Å²) in [7, 11) is -3.30. The molecule has 132 valence electrons. The van der Waals surface area contributed by atoms with Crippen molar-refractivity contribution in [2.45, 2.75) is 12.8 Å². The Balaban J connectivity index is 1.64. The fraction of sp³-hybridized carbons (Fsp3) is 0.278. The molecule has 0 bridgehead atoms. The zero-order chi connectivity index (χ0) is 18.0. The van der Waals surface area contributed by atoms with E-state index in [9.17, 15) is 17.6 Å². The number of carbonyl (C=O) groups is 1. The van der Waals surface area contributed by atoms with E-state index in [2.05, 4.69) is 5.32 Å². The van der Waals surface area contributed by atoms with Crippen molar-refractivity contribution >= 4 is 21.6 Å². The standard InChI is InChI=1S/C18H19FN2O3S/c1-25(23,24)21-10-8-14-12-15(5-6-17(14)21)18(22)20-9-7-13-3-2-4-16(19)11-13/h2-6,11-12H,7-10H2,1H3,(H,20,22). The van der Waals surface area contributed by atoms with E-state index < -0.39 is 10.0 Å². The summed E-state index contributed by atoms with van der Waals surface area (Å²) in [5.74, 6) is -0.519. The zero-order valence-electron chi connectivity index (χ0n) is 13.8. The molecule has 1 N–H and O–H groups in total. The van der Waals surface area contributed by atoms with Crippen LogP contribution in [0.1, 0.15) is 21.5 Å². The summed E-state index contributed by atoms with van der Waals surface area (Å²) in [5.41, 5.74) is 2.80. The van der Waals surface area contributed by atoms with Crippen molar-refractivity contribution in [3.8, 4) is 0 Å². The van der Waals surface area contributed by atoms with E-state index in [0.29, 0.717) is 37.2 Å². The van der Waals surface area contributed by atoms with Crippen molar-refractivity contribution in [1.82, 2.24) is 5.32 Å². The molecule has 0 spiro atoms. The lowest BCUT2D eigenvalue weighted by atomic mass is 10.1. The summed E-state index contributed by atoms with van der Waals surface area (Å²) in [6, 6.07) is 11.3. The first-order valence-corrected chi connectivity index (χ1v) is 9.83. The van der Waals surface area contributed by atoms with Gasteiger partial charge < -0.3 is 5.32 Å². The number of rotatable bonds is 5. The first kappa shape index (κ1) is 17.4. The molecule has 1 amide bonds. The Hall–Kier alpha value is -2.41. The number of nitrogens with one attached hydrogen (secondary N) is 1. The summed E-state index contributed by atoms with van der Waals surface area (Å²) in [5, 5.41) is 2.81. The van der Waals surface area contributed by atoms with Gasteiger partial charge in [0.15, 0.2) is 0 Å². The van der Waals surface area contributed by atoms with Crippen LogP contribution in [0.4, 0.5) is 10.1 Å². The highest BCUT2D eigenvalue weighted by atomic mass is 32.2. The average Bonchev–Trinajstić information content (AvgIpc) is 2.98. The van der Waals surface area contributed by atoms with E-state index in [1.165, 1.54) is 22.7 Å². The highest BCUT2D eigenvalue weighted by molar-refractivity contribution is 7.92. The van der Waals surface area contributed by atoms with E-state index in [1.54, 1.807) is 24.3 Å². The molecule has 1 aliphatic rings. The number of hydrogen-bond acceptors (Lipinski definition) is 3. The second-order valence-corrected chi connectivity index (χ2v) is 7.97. The van der Waals surface area contributed by atoms with Crippen LogP contribution in [0.15, 0.2) is 42.5 Å². The third-order valence-corrected chi connectivity index (χ3v) is 5.36. The third kappa shape index (κ3) is 3.99. The van der Waals surface area contributed by atoms with E-state index in [1.807, 2.05) is 6.07 Å². The maximum absolute atomic E-state index is 13.1. The minimum Gasteiger partial charge on any atom is -0.352 e. The Morgan fingerprint density at radius 3 is 2.76 bits per heavy atom. The number of carbonyl (C=O) groups excluding carboxylic acids is 1. The molecule has 0 atom stereocenters. The normalized spacial score (nSPS) is 13.6. The van der Waals surface area contributed by atoms with Crippen LogP contribution in [0, 0.1) is 5.82 Å². The molecule has 0 unspecified atom stereocenters.